The maximum absolute atomic E-state index is 11.4. The molecule has 0 bridgehead atoms. The second kappa shape index (κ2) is 6.00. The van der Waals surface area contributed by atoms with Crippen LogP contribution in [0.5, 0.6) is 0 Å². The molecule has 0 saturated heterocycles. The first kappa shape index (κ1) is 14.0. The number of hydrogen-bond donors (Lipinski definition) is 3. The van der Waals surface area contributed by atoms with Crippen LogP contribution in [-0.2, 0) is 9.59 Å². The summed E-state index contributed by atoms with van der Waals surface area (Å²) >= 11 is 0. The molecule has 0 heterocycles. The highest BCUT2D eigenvalue weighted by Gasteiger charge is 2.35. The second-order valence-corrected chi connectivity index (χ2v) is 5.46. The predicted octanol–water partition coefficient (Wildman–Crippen LogP) is 0.699. The Bertz CT molecular complexity index is 283. The van der Waals surface area contributed by atoms with Gasteiger partial charge in [-0.1, -0.05) is 26.7 Å². The fourth-order valence-corrected chi connectivity index (χ4v) is 2.86. The summed E-state index contributed by atoms with van der Waals surface area (Å²) < 4.78 is 0. The number of amides is 2. The Kier molecular flexibility index (Phi) is 4.93. The molecule has 0 radical (unpaired) electrons. The third-order valence-electron chi connectivity index (χ3n) is 3.47. The molecule has 1 fully saturated rings. The SMILES string of the molecule is CC(C)CC1(CNC(=O)C(=O)NN)CCCC1. The van der Waals surface area contributed by atoms with Gasteiger partial charge in [-0.2, -0.15) is 0 Å². The average Bonchev–Trinajstić information content (AvgIpc) is 2.73. The highest BCUT2D eigenvalue weighted by Crippen LogP contribution is 2.42. The van der Waals surface area contributed by atoms with E-state index in [0.717, 1.165) is 19.3 Å². The van der Waals surface area contributed by atoms with Gasteiger partial charge >= 0.3 is 11.8 Å². The maximum Gasteiger partial charge on any atom is 0.323 e. The van der Waals surface area contributed by atoms with Crippen LogP contribution in [0.3, 0.4) is 0 Å². The average molecular weight is 241 g/mol. The van der Waals surface area contributed by atoms with Crippen LogP contribution in [0, 0.1) is 11.3 Å². The smallest absolute Gasteiger partial charge is 0.323 e. The van der Waals surface area contributed by atoms with Crippen molar-refractivity contribution >= 4 is 11.8 Å². The van der Waals surface area contributed by atoms with Gasteiger partial charge in [-0.25, -0.2) is 5.84 Å². The Morgan fingerprint density at radius 3 is 2.29 bits per heavy atom. The number of rotatable bonds is 4. The lowest BCUT2D eigenvalue weighted by Gasteiger charge is -2.31. The molecule has 1 rings (SSSR count). The molecular weight excluding hydrogens is 218 g/mol. The van der Waals surface area contributed by atoms with Crippen molar-refractivity contribution in [1.29, 1.82) is 0 Å². The van der Waals surface area contributed by atoms with Crippen molar-refractivity contribution in [3.8, 4) is 0 Å². The van der Waals surface area contributed by atoms with E-state index in [1.807, 2.05) is 5.43 Å². The third-order valence-corrected chi connectivity index (χ3v) is 3.47. The molecule has 0 atom stereocenters. The van der Waals surface area contributed by atoms with Crippen molar-refractivity contribution < 1.29 is 9.59 Å². The van der Waals surface area contributed by atoms with Crippen LogP contribution >= 0.6 is 0 Å². The first-order chi connectivity index (χ1) is 7.99. The summed E-state index contributed by atoms with van der Waals surface area (Å²) in [4.78, 5) is 22.4. The monoisotopic (exact) mass is 241 g/mol. The van der Waals surface area contributed by atoms with Crippen molar-refractivity contribution in [2.75, 3.05) is 6.54 Å². The van der Waals surface area contributed by atoms with Gasteiger partial charge in [0.25, 0.3) is 0 Å². The van der Waals surface area contributed by atoms with Crippen LogP contribution in [0.2, 0.25) is 0 Å². The third kappa shape index (κ3) is 4.00. The van der Waals surface area contributed by atoms with Gasteiger partial charge in [0.1, 0.15) is 0 Å². The number of carbonyl (C=O) groups is 2. The van der Waals surface area contributed by atoms with Crippen molar-refractivity contribution in [3.05, 3.63) is 0 Å². The summed E-state index contributed by atoms with van der Waals surface area (Å²) in [5.41, 5.74) is 2.02. The van der Waals surface area contributed by atoms with Crippen LogP contribution in [0.15, 0.2) is 0 Å². The van der Waals surface area contributed by atoms with E-state index >= 15 is 0 Å². The van der Waals surface area contributed by atoms with Gasteiger partial charge in [0.2, 0.25) is 0 Å². The molecule has 1 aliphatic carbocycles. The summed E-state index contributed by atoms with van der Waals surface area (Å²) in [5, 5.41) is 2.69. The topological polar surface area (TPSA) is 84.2 Å². The molecule has 0 aromatic heterocycles. The van der Waals surface area contributed by atoms with Gasteiger partial charge in [0, 0.05) is 6.54 Å². The van der Waals surface area contributed by atoms with Gasteiger partial charge in [-0.15, -0.1) is 0 Å². The van der Waals surface area contributed by atoms with Crippen molar-refractivity contribution in [3.63, 3.8) is 0 Å². The van der Waals surface area contributed by atoms with Gasteiger partial charge in [-0.3, -0.25) is 15.0 Å². The summed E-state index contributed by atoms with van der Waals surface area (Å²) in [7, 11) is 0. The number of hydrogen-bond acceptors (Lipinski definition) is 3. The van der Waals surface area contributed by atoms with E-state index in [2.05, 4.69) is 19.2 Å². The number of nitrogens with two attached hydrogens (primary N) is 1. The summed E-state index contributed by atoms with van der Waals surface area (Å²) in [6, 6.07) is 0. The molecule has 0 aliphatic heterocycles. The van der Waals surface area contributed by atoms with E-state index in [9.17, 15) is 9.59 Å². The van der Waals surface area contributed by atoms with Crippen molar-refractivity contribution in [2.45, 2.75) is 46.0 Å². The van der Waals surface area contributed by atoms with Crippen LogP contribution in [-0.4, -0.2) is 18.4 Å². The Balaban J connectivity index is 2.50. The molecule has 0 spiro atoms. The Labute approximate surface area is 102 Å². The molecule has 17 heavy (non-hydrogen) atoms. The van der Waals surface area contributed by atoms with E-state index in [1.54, 1.807) is 0 Å². The zero-order valence-electron chi connectivity index (χ0n) is 10.7. The maximum atomic E-state index is 11.4. The van der Waals surface area contributed by atoms with E-state index in [0.29, 0.717) is 12.5 Å². The first-order valence-corrected chi connectivity index (χ1v) is 6.28. The standard InChI is InChI=1S/C12H23N3O2/c1-9(2)7-12(5-3-4-6-12)8-14-10(16)11(17)15-13/h9H,3-8,13H2,1-2H3,(H,14,16)(H,15,17). The number of carbonyl (C=O) groups excluding carboxylic acids is 2. The molecule has 2 amide bonds. The first-order valence-electron chi connectivity index (χ1n) is 6.28. The lowest BCUT2D eigenvalue weighted by molar-refractivity contribution is -0.139. The second-order valence-electron chi connectivity index (χ2n) is 5.46. The highest BCUT2D eigenvalue weighted by atomic mass is 16.2. The van der Waals surface area contributed by atoms with Gasteiger partial charge < -0.3 is 5.32 Å². The van der Waals surface area contributed by atoms with E-state index in [4.69, 9.17) is 5.84 Å². The molecule has 0 unspecified atom stereocenters. The zero-order valence-corrected chi connectivity index (χ0v) is 10.7. The number of nitrogens with one attached hydrogen (secondary N) is 2. The van der Waals surface area contributed by atoms with E-state index < -0.39 is 11.8 Å². The Morgan fingerprint density at radius 2 is 1.82 bits per heavy atom. The van der Waals surface area contributed by atoms with E-state index in [-0.39, 0.29) is 5.41 Å². The van der Waals surface area contributed by atoms with Crippen LogP contribution in [0.1, 0.15) is 46.0 Å². The molecule has 5 heteroatoms. The van der Waals surface area contributed by atoms with E-state index in [1.165, 1.54) is 12.8 Å². The molecule has 1 saturated carbocycles. The van der Waals surface area contributed by atoms with Crippen LogP contribution in [0.25, 0.3) is 0 Å². The molecule has 5 nitrogen and oxygen atoms in total. The lowest BCUT2D eigenvalue weighted by Crippen LogP contribution is -2.46. The minimum atomic E-state index is -0.775. The molecule has 0 aromatic rings. The zero-order chi connectivity index (χ0) is 12.9. The Hall–Kier alpha value is -1.10. The quantitative estimate of drug-likeness (QED) is 0.293. The van der Waals surface area contributed by atoms with Crippen LogP contribution < -0.4 is 16.6 Å². The normalized spacial score (nSPS) is 18.1. The molecule has 4 N–H and O–H groups in total. The molecule has 1 aliphatic rings. The number of hydrazine groups is 1. The molecular formula is C12H23N3O2. The van der Waals surface area contributed by atoms with Crippen molar-refractivity contribution in [1.82, 2.24) is 10.7 Å². The fourth-order valence-electron chi connectivity index (χ4n) is 2.86. The van der Waals surface area contributed by atoms with Gasteiger partial charge in [0.15, 0.2) is 0 Å². The van der Waals surface area contributed by atoms with Crippen LogP contribution in [0.4, 0.5) is 0 Å². The highest BCUT2D eigenvalue weighted by molar-refractivity contribution is 6.34. The minimum Gasteiger partial charge on any atom is -0.347 e. The predicted molar refractivity (Wildman–Crippen MR) is 65.7 cm³/mol. The summed E-state index contributed by atoms with van der Waals surface area (Å²) in [5.74, 6) is 4.10. The molecule has 98 valence electrons. The summed E-state index contributed by atoms with van der Waals surface area (Å²) in [6.07, 6.45) is 5.79. The molecule has 0 aromatic carbocycles. The minimum absolute atomic E-state index is 0.179. The van der Waals surface area contributed by atoms with Crippen molar-refractivity contribution in [2.24, 2.45) is 17.2 Å². The summed E-state index contributed by atoms with van der Waals surface area (Å²) in [6.45, 7) is 4.96. The van der Waals surface area contributed by atoms with Gasteiger partial charge in [-0.05, 0) is 30.6 Å². The van der Waals surface area contributed by atoms with Gasteiger partial charge in [0.05, 0.1) is 0 Å². The Morgan fingerprint density at radius 1 is 1.24 bits per heavy atom. The lowest BCUT2D eigenvalue weighted by atomic mass is 9.78. The largest absolute Gasteiger partial charge is 0.347 e. The fraction of sp³-hybridized carbons (Fsp3) is 0.833.